The lowest BCUT2D eigenvalue weighted by atomic mass is 10.3. The molecule has 0 spiro atoms. The Kier molecular flexibility index (Phi) is 5.00. The van der Waals surface area contributed by atoms with Crippen LogP contribution in [-0.2, 0) is 0 Å². The van der Waals surface area contributed by atoms with E-state index in [2.05, 4.69) is 10.4 Å². The van der Waals surface area contributed by atoms with Gasteiger partial charge in [-0.1, -0.05) is 25.1 Å². The molecule has 1 atom stereocenters. The Labute approximate surface area is 128 Å². The molecular weight excluding hydrogens is 284 g/mol. The van der Waals surface area contributed by atoms with Gasteiger partial charge in [0, 0.05) is 0 Å². The number of hydrogen-bond donors (Lipinski definition) is 3. The maximum atomic E-state index is 11.2. The highest BCUT2D eigenvalue weighted by Crippen LogP contribution is 2.28. The molecule has 1 aromatic heterocycles. The normalized spacial score (nSPS) is 12.0. The van der Waals surface area contributed by atoms with Crippen molar-refractivity contribution < 1.29 is 14.6 Å². The van der Waals surface area contributed by atoms with Crippen LogP contribution in [0, 0.1) is 6.92 Å². The number of ether oxygens (including phenoxy) is 1. The molecule has 1 aromatic carbocycles. The summed E-state index contributed by atoms with van der Waals surface area (Å²) in [5.41, 5.74) is 6.63. The van der Waals surface area contributed by atoms with Gasteiger partial charge >= 0.3 is 6.03 Å². The van der Waals surface area contributed by atoms with Crippen LogP contribution >= 0.6 is 0 Å². The second kappa shape index (κ2) is 6.95. The zero-order chi connectivity index (χ0) is 16.1. The number of anilines is 1. The van der Waals surface area contributed by atoms with E-state index in [1.54, 1.807) is 11.6 Å². The number of primary amides is 1. The molecule has 7 heteroatoms. The predicted molar refractivity (Wildman–Crippen MR) is 83.3 cm³/mol. The van der Waals surface area contributed by atoms with E-state index in [4.69, 9.17) is 10.5 Å². The summed E-state index contributed by atoms with van der Waals surface area (Å²) in [5, 5.41) is 16.5. The van der Waals surface area contributed by atoms with E-state index >= 15 is 0 Å². The zero-order valence-electron chi connectivity index (χ0n) is 12.6. The van der Waals surface area contributed by atoms with Gasteiger partial charge in [0.1, 0.15) is 12.4 Å². The highest BCUT2D eigenvalue weighted by Gasteiger charge is 2.18. The molecule has 0 aliphatic rings. The zero-order valence-corrected chi connectivity index (χ0v) is 12.6. The number of nitrogens with zero attached hydrogens (tertiary/aromatic N) is 2. The van der Waals surface area contributed by atoms with Gasteiger partial charge in [0.25, 0.3) is 0 Å². The highest BCUT2D eigenvalue weighted by molar-refractivity contribution is 5.88. The van der Waals surface area contributed by atoms with Crippen LogP contribution in [0.3, 0.4) is 0 Å². The van der Waals surface area contributed by atoms with E-state index in [0.717, 1.165) is 5.69 Å². The molecule has 4 N–H and O–H groups in total. The Morgan fingerprint density at radius 3 is 2.73 bits per heavy atom. The molecule has 0 aliphatic carbocycles. The van der Waals surface area contributed by atoms with Gasteiger partial charge in [-0.15, -0.1) is 5.10 Å². The van der Waals surface area contributed by atoms with Crippen LogP contribution in [0.1, 0.15) is 18.9 Å². The summed E-state index contributed by atoms with van der Waals surface area (Å²) in [6.07, 6.45) is 0.0269. The summed E-state index contributed by atoms with van der Waals surface area (Å²) in [5.74, 6) is 0.791. The second-order valence-electron chi connectivity index (χ2n) is 4.89. The molecule has 22 heavy (non-hydrogen) atoms. The van der Waals surface area contributed by atoms with Gasteiger partial charge in [-0.05, 0) is 25.5 Å². The summed E-state index contributed by atoms with van der Waals surface area (Å²) < 4.78 is 7.09. The van der Waals surface area contributed by atoms with Gasteiger partial charge in [0.2, 0.25) is 5.88 Å². The number of carbonyl (C=O) groups is 1. The number of nitrogens with one attached hydrogen (secondary N) is 1. The Hall–Kier alpha value is -2.54. The van der Waals surface area contributed by atoms with Crippen molar-refractivity contribution in [3.63, 3.8) is 0 Å². The fraction of sp³-hybridized carbons (Fsp3) is 0.333. The Morgan fingerprint density at radius 1 is 1.45 bits per heavy atom. The minimum absolute atomic E-state index is 0.138. The second-order valence-corrected chi connectivity index (χ2v) is 4.89. The number of urea groups is 1. The van der Waals surface area contributed by atoms with Crippen molar-refractivity contribution in [3.05, 3.63) is 35.9 Å². The first-order valence-corrected chi connectivity index (χ1v) is 7.05. The number of aliphatic hydroxyl groups is 1. The molecule has 2 rings (SSSR count). The first kappa shape index (κ1) is 15.8. The molecule has 0 unspecified atom stereocenters. The average Bonchev–Trinajstić information content (AvgIpc) is 2.82. The van der Waals surface area contributed by atoms with Crippen LogP contribution in [0.15, 0.2) is 30.3 Å². The molecule has 2 amide bonds. The maximum Gasteiger partial charge on any atom is 0.317 e. The standard InChI is InChI=1S/C15H20N4O3/c1-3-12(20)9-22-14-10(2)13(17-15(16)21)19(18-14)11-7-5-4-6-8-11/h4-8,12,20H,3,9H2,1-2H3,(H3,16,17,21)/t12-/m1/s1. The summed E-state index contributed by atoms with van der Waals surface area (Å²) >= 11 is 0. The smallest absolute Gasteiger partial charge is 0.317 e. The van der Waals surface area contributed by atoms with Crippen molar-refractivity contribution in [2.45, 2.75) is 26.4 Å². The van der Waals surface area contributed by atoms with E-state index in [-0.39, 0.29) is 6.61 Å². The first-order chi connectivity index (χ1) is 10.5. The van der Waals surface area contributed by atoms with Crippen molar-refractivity contribution >= 4 is 11.8 Å². The number of nitrogens with two attached hydrogens (primary N) is 1. The lowest BCUT2D eigenvalue weighted by Crippen LogP contribution is -2.21. The van der Waals surface area contributed by atoms with Gasteiger partial charge in [-0.2, -0.15) is 0 Å². The SMILES string of the molecule is CC[C@@H](O)COc1nn(-c2ccccc2)c(NC(N)=O)c1C. The molecule has 118 valence electrons. The maximum absolute atomic E-state index is 11.2. The topological polar surface area (TPSA) is 102 Å². The van der Waals surface area contributed by atoms with Gasteiger partial charge < -0.3 is 15.6 Å². The van der Waals surface area contributed by atoms with E-state index in [1.807, 2.05) is 37.3 Å². The molecule has 0 saturated heterocycles. The lowest BCUT2D eigenvalue weighted by Gasteiger charge is -2.08. The number of para-hydroxylation sites is 1. The number of aliphatic hydroxyl groups excluding tert-OH is 1. The monoisotopic (exact) mass is 304 g/mol. The molecule has 0 bridgehead atoms. The quantitative estimate of drug-likeness (QED) is 0.757. The Bertz CT molecular complexity index is 640. The minimum atomic E-state index is -0.680. The minimum Gasteiger partial charge on any atom is -0.474 e. The number of benzene rings is 1. The Balaban J connectivity index is 2.37. The van der Waals surface area contributed by atoms with E-state index in [1.165, 1.54) is 0 Å². The molecule has 0 saturated carbocycles. The van der Waals surface area contributed by atoms with Crippen LogP contribution in [0.2, 0.25) is 0 Å². The van der Waals surface area contributed by atoms with E-state index in [9.17, 15) is 9.90 Å². The van der Waals surface area contributed by atoms with Crippen molar-refractivity contribution in [1.29, 1.82) is 0 Å². The molecular formula is C15H20N4O3. The van der Waals surface area contributed by atoms with Crippen LogP contribution in [0.4, 0.5) is 10.6 Å². The molecule has 0 aliphatic heterocycles. The van der Waals surface area contributed by atoms with Gasteiger partial charge in [-0.25, -0.2) is 9.48 Å². The number of amides is 2. The summed E-state index contributed by atoms with van der Waals surface area (Å²) in [7, 11) is 0. The molecule has 0 fully saturated rings. The van der Waals surface area contributed by atoms with Crippen LogP contribution in [0.5, 0.6) is 5.88 Å². The summed E-state index contributed by atoms with van der Waals surface area (Å²) in [6.45, 7) is 3.77. The third-order valence-corrected chi connectivity index (χ3v) is 3.20. The van der Waals surface area contributed by atoms with Gasteiger partial charge in [-0.3, -0.25) is 5.32 Å². The largest absolute Gasteiger partial charge is 0.474 e. The third kappa shape index (κ3) is 3.56. The van der Waals surface area contributed by atoms with Gasteiger partial charge in [0.05, 0.1) is 17.4 Å². The number of carbonyl (C=O) groups excluding carboxylic acids is 1. The van der Waals surface area contributed by atoms with Crippen molar-refractivity contribution in [1.82, 2.24) is 9.78 Å². The van der Waals surface area contributed by atoms with Crippen LogP contribution in [0.25, 0.3) is 5.69 Å². The summed E-state index contributed by atoms with van der Waals surface area (Å²) in [4.78, 5) is 11.2. The van der Waals surface area contributed by atoms with Crippen LogP contribution < -0.4 is 15.8 Å². The average molecular weight is 304 g/mol. The van der Waals surface area contributed by atoms with Crippen molar-refractivity contribution in [2.24, 2.45) is 5.73 Å². The van der Waals surface area contributed by atoms with Crippen LogP contribution in [-0.4, -0.2) is 33.6 Å². The molecule has 1 heterocycles. The Morgan fingerprint density at radius 2 is 2.14 bits per heavy atom. The van der Waals surface area contributed by atoms with Crippen molar-refractivity contribution in [3.8, 4) is 11.6 Å². The number of rotatable bonds is 6. The fourth-order valence-electron chi connectivity index (χ4n) is 1.93. The lowest BCUT2D eigenvalue weighted by molar-refractivity contribution is 0.101. The predicted octanol–water partition coefficient (Wildman–Crippen LogP) is 1.82. The van der Waals surface area contributed by atoms with Gasteiger partial charge in [0.15, 0.2) is 0 Å². The third-order valence-electron chi connectivity index (χ3n) is 3.20. The van der Waals surface area contributed by atoms with E-state index < -0.39 is 12.1 Å². The van der Waals surface area contributed by atoms with E-state index in [0.29, 0.717) is 23.7 Å². The highest BCUT2D eigenvalue weighted by atomic mass is 16.5. The summed E-state index contributed by atoms with van der Waals surface area (Å²) in [6, 6.07) is 8.63. The molecule has 7 nitrogen and oxygen atoms in total. The molecule has 2 aromatic rings. The number of hydrogen-bond acceptors (Lipinski definition) is 4. The molecule has 0 radical (unpaired) electrons. The fourth-order valence-corrected chi connectivity index (χ4v) is 1.93. The first-order valence-electron chi connectivity index (χ1n) is 7.05. The number of aromatic nitrogens is 2. The van der Waals surface area contributed by atoms with Crippen molar-refractivity contribution in [2.75, 3.05) is 11.9 Å².